The number of rotatable bonds is 4. The summed E-state index contributed by atoms with van der Waals surface area (Å²) in [5, 5.41) is 11.6. The predicted octanol–water partition coefficient (Wildman–Crippen LogP) is 0.907. The molecule has 0 aliphatic carbocycles. The number of hydrogen-bond donors (Lipinski definition) is 2. The lowest BCUT2D eigenvalue weighted by Gasteiger charge is -2.13. The van der Waals surface area contributed by atoms with Gasteiger partial charge in [-0.25, -0.2) is 0 Å². The smallest absolute Gasteiger partial charge is 0.252 e. The molecule has 1 atom stereocenters. The number of nitrogens with one attached hydrogen (secondary N) is 1. The van der Waals surface area contributed by atoms with Crippen molar-refractivity contribution in [3.05, 3.63) is 29.6 Å². The van der Waals surface area contributed by atoms with Gasteiger partial charge >= 0.3 is 0 Å². The summed E-state index contributed by atoms with van der Waals surface area (Å²) in [5.74, 6) is 5.93. The molecule has 2 N–H and O–H groups in total. The zero-order chi connectivity index (χ0) is 13.4. The van der Waals surface area contributed by atoms with Crippen LogP contribution < -0.4 is 5.32 Å². The molecular weight excluding hydrogens is 248 g/mol. The predicted molar refractivity (Wildman–Crippen MR) is 73.5 cm³/mol. The third-order valence-corrected chi connectivity index (χ3v) is 3.00. The molecule has 0 aliphatic heterocycles. The second-order valence-corrected chi connectivity index (χ2v) is 4.62. The number of pyridine rings is 1. The topological polar surface area (TPSA) is 62.2 Å². The zero-order valence-corrected chi connectivity index (χ0v) is 11.3. The van der Waals surface area contributed by atoms with Crippen molar-refractivity contribution in [3.63, 3.8) is 0 Å². The summed E-state index contributed by atoms with van der Waals surface area (Å²) >= 11 is 1.68. The monoisotopic (exact) mass is 264 g/mol. The Labute approximate surface area is 111 Å². The van der Waals surface area contributed by atoms with Crippen LogP contribution in [0.1, 0.15) is 22.8 Å². The van der Waals surface area contributed by atoms with E-state index in [4.69, 9.17) is 5.11 Å². The maximum absolute atomic E-state index is 12.0. The molecule has 1 aromatic heterocycles. The summed E-state index contributed by atoms with van der Waals surface area (Å²) in [6, 6.07) is 1.72. The molecule has 1 unspecified atom stereocenters. The van der Waals surface area contributed by atoms with Crippen LogP contribution in [0.4, 0.5) is 0 Å². The van der Waals surface area contributed by atoms with Gasteiger partial charge in [0.05, 0.1) is 11.1 Å². The number of thioether (sulfide) groups is 1. The fourth-order valence-corrected chi connectivity index (χ4v) is 2.00. The average molecular weight is 264 g/mol. The summed E-state index contributed by atoms with van der Waals surface area (Å²) < 4.78 is 0. The normalized spacial score (nSPS) is 11.3. The summed E-state index contributed by atoms with van der Waals surface area (Å²) in [6.45, 7) is 1.72. The number of nitrogens with zero attached hydrogens (tertiary/aromatic N) is 1. The Bertz CT molecular complexity index is 466. The van der Waals surface area contributed by atoms with E-state index in [-0.39, 0.29) is 18.6 Å². The maximum Gasteiger partial charge on any atom is 0.252 e. The van der Waals surface area contributed by atoms with Gasteiger partial charge in [-0.15, -0.1) is 0 Å². The van der Waals surface area contributed by atoms with E-state index in [9.17, 15) is 4.79 Å². The van der Waals surface area contributed by atoms with Gasteiger partial charge < -0.3 is 10.4 Å². The molecule has 18 heavy (non-hydrogen) atoms. The van der Waals surface area contributed by atoms with Crippen molar-refractivity contribution in [1.82, 2.24) is 10.3 Å². The number of carbonyl (C=O) groups is 1. The van der Waals surface area contributed by atoms with Crippen molar-refractivity contribution < 1.29 is 9.90 Å². The van der Waals surface area contributed by atoms with Gasteiger partial charge in [0.2, 0.25) is 0 Å². The first-order chi connectivity index (χ1) is 8.69. The largest absolute Gasteiger partial charge is 0.384 e. The van der Waals surface area contributed by atoms with E-state index < -0.39 is 0 Å². The van der Waals surface area contributed by atoms with Crippen LogP contribution in [0.15, 0.2) is 18.5 Å². The molecule has 1 amide bonds. The van der Waals surface area contributed by atoms with Gasteiger partial charge in [0.1, 0.15) is 6.61 Å². The molecular formula is C13H16N2O2S. The van der Waals surface area contributed by atoms with Crippen LogP contribution >= 0.6 is 11.8 Å². The molecule has 4 nitrogen and oxygen atoms in total. The second kappa shape index (κ2) is 7.75. The highest BCUT2D eigenvalue weighted by Crippen LogP contribution is 2.06. The standard InChI is InChI=1S/C13H16N2O2S/c1-10(9-18-2)15-13(17)12-5-6-14-8-11(12)4-3-7-16/h5-6,8,10,16H,7,9H2,1-2H3,(H,15,17). The number of aliphatic hydroxyl groups is 1. The summed E-state index contributed by atoms with van der Waals surface area (Å²) in [7, 11) is 0. The van der Waals surface area contributed by atoms with Gasteiger partial charge in [-0.05, 0) is 19.2 Å². The van der Waals surface area contributed by atoms with E-state index >= 15 is 0 Å². The van der Waals surface area contributed by atoms with Gasteiger partial charge in [0.15, 0.2) is 0 Å². The lowest BCUT2D eigenvalue weighted by Crippen LogP contribution is -2.34. The highest BCUT2D eigenvalue weighted by Gasteiger charge is 2.12. The first-order valence-corrected chi connectivity index (χ1v) is 6.92. The molecule has 1 heterocycles. The minimum absolute atomic E-state index is 0.0966. The van der Waals surface area contributed by atoms with Gasteiger partial charge in [0, 0.05) is 24.2 Å². The summed E-state index contributed by atoms with van der Waals surface area (Å²) in [6.07, 6.45) is 5.07. The van der Waals surface area contributed by atoms with Crippen molar-refractivity contribution in [2.45, 2.75) is 13.0 Å². The molecule has 1 aromatic rings. The third kappa shape index (κ3) is 4.40. The molecule has 0 bridgehead atoms. The molecule has 1 rings (SSSR count). The van der Waals surface area contributed by atoms with E-state index in [1.807, 2.05) is 13.2 Å². The van der Waals surface area contributed by atoms with E-state index in [2.05, 4.69) is 22.1 Å². The van der Waals surface area contributed by atoms with E-state index in [1.165, 1.54) is 6.20 Å². The van der Waals surface area contributed by atoms with Gasteiger partial charge in [-0.3, -0.25) is 9.78 Å². The van der Waals surface area contributed by atoms with E-state index in [1.54, 1.807) is 24.0 Å². The van der Waals surface area contributed by atoms with Gasteiger partial charge in [0.25, 0.3) is 5.91 Å². The summed E-state index contributed by atoms with van der Waals surface area (Å²) in [5.41, 5.74) is 1.01. The van der Waals surface area contributed by atoms with Crippen LogP contribution in [-0.2, 0) is 0 Å². The Balaban J connectivity index is 2.85. The van der Waals surface area contributed by atoms with Crippen molar-refractivity contribution in [2.75, 3.05) is 18.6 Å². The number of aromatic nitrogens is 1. The Kier molecular flexibility index (Phi) is 6.26. The van der Waals surface area contributed by atoms with Crippen molar-refractivity contribution >= 4 is 17.7 Å². The molecule has 0 fully saturated rings. The van der Waals surface area contributed by atoms with Crippen LogP contribution in [0.3, 0.4) is 0 Å². The van der Waals surface area contributed by atoms with Crippen LogP contribution in [0.5, 0.6) is 0 Å². The maximum atomic E-state index is 12.0. The number of carbonyl (C=O) groups excluding carboxylic acids is 1. The van der Waals surface area contributed by atoms with Crippen molar-refractivity contribution in [2.24, 2.45) is 0 Å². The first kappa shape index (κ1) is 14.6. The molecule has 96 valence electrons. The van der Waals surface area contributed by atoms with E-state index in [0.29, 0.717) is 11.1 Å². The van der Waals surface area contributed by atoms with Gasteiger partial charge in [-0.1, -0.05) is 11.8 Å². The lowest BCUT2D eigenvalue weighted by atomic mass is 10.1. The number of hydrogen-bond acceptors (Lipinski definition) is 4. The van der Waals surface area contributed by atoms with Crippen molar-refractivity contribution in [3.8, 4) is 11.8 Å². The molecule has 0 saturated heterocycles. The molecule has 0 saturated carbocycles. The second-order valence-electron chi connectivity index (χ2n) is 3.71. The van der Waals surface area contributed by atoms with Crippen LogP contribution in [0.25, 0.3) is 0 Å². The SMILES string of the molecule is CSCC(C)NC(=O)c1ccncc1C#CCO. The van der Waals surface area contributed by atoms with Crippen LogP contribution in [-0.4, -0.2) is 40.7 Å². The lowest BCUT2D eigenvalue weighted by molar-refractivity contribution is 0.0943. The fraction of sp³-hybridized carbons (Fsp3) is 0.385. The number of aliphatic hydroxyl groups excluding tert-OH is 1. The van der Waals surface area contributed by atoms with Gasteiger partial charge in [-0.2, -0.15) is 11.8 Å². The third-order valence-electron chi connectivity index (χ3n) is 2.16. The molecule has 0 radical (unpaired) electrons. The Morgan fingerprint density at radius 1 is 1.67 bits per heavy atom. The fourth-order valence-electron chi connectivity index (χ4n) is 1.42. The quantitative estimate of drug-likeness (QED) is 0.793. The minimum atomic E-state index is -0.237. The molecule has 0 aliphatic rings. The molecule has 0 spiro atoms. The van der Waals surface area contributed by atoms with Crippen LogP contribution in [0.2, 0.25) is 0 Å². The van der Waals surface area contributed by atoms with Crippen LogP contribution in [0, 0.1) is 11.8 Å². The highest BCUT2D eigenvalue weighted by molar-refractivity contribution is 7.98. The first-order valence-electron chi connectivity index (χ1n) is 5.52. The molecule has 0 aromatic carbocycles. The minimum Gasteiger partial charge on any atom is -0.384 e. The Hall–Kier alpha value is -1.51. The highest BCUT2D eigenvalue weighted by atomic mass is 32.2. The Morgan fingerprint density at radius 3 is 3.11 bits per heavy atom. The zero-order valence-electron chi connectivity index (χ0n) is 10.4. The van der Waals surface area contributed by atoms with Crippen molar-refractivity contribution in [1.29, 1.82) is 0 Å². The average Bonchev–Trinajstić information content (AvgIpc) is 2.36. The Morgan fingerprint density at radius 2 is 2.44 bits per heavy atom. The van der Waals surface area contributed by atoms with E-state index in [0.717, 1.165) is 5.75 Å². The number of amides is 1. The summed E-state index contributed by atoms with van der Waals surface area (Å²) in [4.78, 5) is 16.0. The molecule has 5 heteroatoms.